The van der Waals surface area contributed by atoms with E-state index in [0.29, 0.717) is 0 Å². The molecule has 1 N–H and O–H groups in total. The van der Waals surface area contributed by atoms with E-state index >= 15 is 0 Å². The van der Waals surface area contributed by atoms with Crippen LogP contribution in [-0.4, -0.2) is 32.0 Å². The largest absolute Gasteiger partial charge is 0.478 e. The number of hydrogen-bond acceptors (Lipinski definition) is 4. The number of rotatable bonds is 5. The van der Waals surface area contributed by atoms with E-state index in [4.69, 9.17) is 9.84 Å². The number of carboxylic acid groups (broad SMARTS) is 1. The second-order valence-electron chi connectivity index (χ2n) is 3.03. The highest BCUT2D eigenvalue weighted by molar-refractivity contribution is 7.91. The molecule has 0 bridgehead atoms. The lowest BCUT2D eigenvalue weighted by molar-refractivity contribution is 0.0692. The van der Waals surface area contributed by atoms with Crippen molar-refractivity contribution in [2.24, 2.45) is 0 Å². The van der Waals surface area contributed by atoms with E-state index in [1.165, 1.54) is 24.3 Å². The predicted molar refractivity (Wildman–Crippen MR) is 57.1 cm³/mol. The average molecular weight is 244 g/mol. The molecule has 0 atom stereocenters. The van der Waals surface area contributed by atoms with Gasteiger partial charge in [0, 0.05) is 6.61 Å². The Labute approximate surface area is 93.6 Å². The minimum atomic E-state index is -3.70. The first-order chi connectivity index (χ1) is 7.49. The van der Waals surface area contributed by atoms with Crippen molar-refractivity contribution in [2.45, 2.75) is 11.8 Å². The van der Waals surface area contributed by atoms with Crippen LogP contribution < -0.4 is 0 Å². The molecule has 0 saturated carbocycles. The molecule has 0 aliphatic heterocycles. The van der Waals surface area contributed by atoms with Crippen LogP contribution in [0.4, 0.5) is 0 Å². The fraction of sp³-hybridized carbons (Fsp3) is 0.300. The number of aromatic carboxylic acids is 1. The van der Waals surface area contributed by atoms with Gasteiger partial charge in [-0.05, 0) is 19.1 Å². The molecule has 0 aliphatic rings. The molecular weight excluding hydrogens is 232 g/mol. The van der Waals surface area contributed by atoms with Crippen LogP contribution in [0.5, 0.6) is 0 Å². The van der Waals surface area contributed by atoms with Crippen molar-refractivity contribution in [3.63, 3.8) is 0 Å². The Morgan fingerprint density at radius 3 is 2.56 bits per heavy atom. The first-order valence-electron chi connectivity index (χ1n) is 4.62. The Balaban J connectivity index is 3.17. The molecule has 0 radical (unpaired) electrons. The van der Waals surface area contributed by atoms with Crippen LogP contribution in [0.1, 0.15) is 17.3 Å². The normalized spacial score (nSPS) is 11.3. The van der Waals surface area contributed by atoms with Gasteiger partial charge in [-0.25, -0.2) is 13.2 Å². The molecule has 1 aromatic carbocycles. The van der Waals surface area contributed by atoms with Crippen molar-refractivity contribution >= 4 is 15.8 Å². The molecule has 0 amide bonds. The van der Waals surface area contributed by atoms with Gasteiger partial charge >= 0.3 is 5.97 Å². The molecule has 16 heavy (non-hydrogen) atoms. The maximum absolute atomic E-state index is 11.7. The number of carboxylic acids is 1. The lowest BCUT2D eigenvalue weighted by Gasteiger charge is -2.07. The first kappa shape index (κ1) is 12.7. The van der Waals surface area contributed by atoms with Crippen LogP contribution in [0.3, 0.4) is 0 Å². The van der Waals surface area contributed by atoms with Gasteiger partial charge in [-0.15, -0.1) is 0 Å². The maximum atomic E-state index is 11.7. The van der Waals surface area contributed by atoms with Gasteiger partial charge in [0.1, 0.15) is 0 Å². The van der Waals surface area contributed by atoms with Crippen LogP contribution >= 0.6 is 0 Å². The Bertz CT molecular complexity index is 478. The van der Waals surface area contributed by atoms with E-state index in [0.717, 1.165) is 0 Å². The zero-order valence-corrected chi connectivity index (χ0v) is 9.53. The number of hydrogen-bond donors (Lipinski definition) is 1. The van der Waals surface area contributed by atoms with Crippen molar-refractivity contribution in [3.8, 4) is 0 Å². The van der Waals surface area contributed by atoms with E-state index in [1.54, 1.807) is 6.92 Å². The Morgan fingerprint density at radius 2 is 2.00 bits per heavy atom. The minimum absolute atomic E-state index is 0.212. The van der Waals surface area contributed by atoms with Gasteiger partial charge in [0.05, 0.1) is 10.5 Å². The van der Waals surface area contributed by atoms with Gasteiger partial charge in [0.25, 0.3) is 0 Å². The smallest absolute Gasteiger partial charge is 0.337 e. The third-order valence-corrected chi connectivity index (χ3v) is 3.40. The molecule has 0 aromatic heterocycles. The average Bonchev–Trinajstić information content (AvgIpc) is 2.26. The highest BCUT2D eigenvalue weighted by Gasteiger charge is 2.21. The van der Waals surface area contributed by atoms with Gasteiger partial charge in [-0.3, -0.25) is 0 Å². The summed E-state index contributed by atoms with van der Waals surface area (Å²) in [5.41, 5.74) is -0.234. The fourth-order valence-electron chi connectivity index (χ4n) is 1.17. The highest BCUT2D eigenvalue weighted by Crippen LogP contribution is 2.17. The topological polar surface area (TPSA) is 80.7 Å². The molecule has 0 aliphatic carbocycles. The Kier molecular flexibility index (Phi) is 4.03. The predicted octanol–water partition coefficient (Wildman–Crippen LogP) is 1.15. The maximum Gasteiger partial charge on any atom is 0.337 e. The number of benzene rings is 1. The van der Waals surface area contributed by atoms with Crippen LogP contribution in [0.2, 0.25) is 0 Å². The van der Waals surface area contributed by atoms with Gasteiger partial charge in [0.15, 0.2) is 5.94 Å². The van der Waals surface area contributed by atoms with Gasteiger partial charge < -0.3 is 9.84 Å². The Hall–Kier alpha value is -1.40. The number of carbonyl (C=O) groups is 1. The van der Waals surface area contributed by atoms with Crippen molar-refractivity contribution in [1.82, 2.24) is 0 Å². The van der Waals surface area contributed by atoms with Crippen molar-refractivity contribution in [3.05, 3.63) is 29.8 Å². The van der Waals surface area contributed by atoms with Crippen LogP contribution in [0.15, 0.2) is 29.2 Å². The van der Waals surface area contributed by atoms with Crippen LogP contribution in [-0.2, 0) is 14.6 Å². The van der Waals surface area contributed by atoms with Crippen molar-refractivity contribution < 1.29 is 23.1 Å². The van der Waals surface area contributed by atoms with E-state index in [2.05, 4.69) is 0 Å². The third kappa shape index (κ3) is 2.80. The summed E-state index contributed by atoms with van der Waals surface area (Å²) in [5, 5.41) is 8.85. The molecule has 6 heteroatoms. The lowest BCUT2D eigenvalue weighted by Crippen LogP contribution is -2.14. The van der Waals surface area contributed by atoms with E-state index in [-0.39, 0.29) is 17.1 Å². The molecule has 88 valence electrons. The SMILES string of the molecule is CCOCS(=O)(=O)c1ccccc1C(=O)O. The van der Waals surface area contributed by atoms with E-state index in [1.807, 2.05) is 0 Å². The fourth-order valence-corrected chi connectivity index (χ4v) is 2.46. The van der Waals surface area contributed by atoms with Gasteiger partial charge in [-0.2, -0.15) is 0 Å². The monoisotopic (exact) mass is 244 g/mol. The van der Waals surface area contributed by atoms with Gasteiger partial charge in [-0.1, -0.05) is 12.1 Å². The summed E-state index contributed by atoms with van der Waals surface area (Å²) in [7, 11) is -3.70. The summed E-state index contributed by atoms with van der Waals surface area (Å²) in [6.45, 7) is 1.92. The molecule has 0 unspecified atom stereocenters. The second kappa shape index (κ2) is 5.09. The molecule has 5 nitrogen and oxygen atoms in total. The zero-order valence-electron chi connectivity index (χ0n) is 8.71. The minimum Gasteiger partial charge on any atom is -0.478 e. The number of ether oxygens (including phenoxy) is 1. The molecule has 1 rings (SSSR count). The Morgan fingerprint density at radius 1 is 1.38 bits per heavy atom. The molecular formula is C10H12O5S. The van der Waals surface area contributed by atoms with Crippen LogP contribution in [0.25, 0.3) is 0 Å². The van der Waals surface area contributed by atoms with Gasteiger partial charge in [0.2, 0.25) is 9.84 Å². The molecule has 1 aromatic rings. The summed E-state index contributed by atoms with van der Waals surface area (Å²) in [6, 6.07) is 5.47. The molecule has 0 spiro atoms. The molecule has 0 fully saturated rings. The van der Waals surface area contributed by atoms with E-state index < -0.39 is 21.7 Å². The van der Waals surface area contributed by atoms with Crippen molar-refractivity contribution in [2.75, 3.05) is 12.5 Å². The summed E-state index contributed by atoms with van der Waals surface area (Å²) < 4.78 is 28.3. The molecule has 0 saturated heterocycles. The first-order valence-corrected chi connectivity index (χ1v) is 6.27. The van der Waals surface area contributed by atoms with Crippen molar-refractivity contribution in [1.29, 1.82) is 0 Å². The third-order valence-electron chi connectivity index (χ3n) is 1.90. The summed E-state index contributed by atoms with van der Waals surface area (Å²) >= 11 is 0. The number of sulfone groups is 1. The zero-order chi connectivity index (χ0) is 12.2. The second-order valence-corrected chi connectivity index (χ2v) is 4.93. The molecule has 0 heterocycles. The standard InChI is InChI=1S/C10H12O5S/c1-2-15-7-16(13,14)9-6-4-3-5-8(9)10(11)12/h3-6H,2,7H2,1H3,(H,11,12). The summed E-state index contributed by atoms with van der Waals surface area (Å²) in [4.78, 5) is 10.6. The van der Waals surface area contributed by atoms with E-state index in [9.17, 15) is 13.2 Å². The van der Waals surface area contributed by atoms with Crippen LogP contribution in [0, 0.1) is 0 Å². The lowest BCUT2D eigenvalue weighted by atomic mass is 10.2. The highest BCUT2D eigenvalue weighted by atomic mass is 32.2. The summed E-state index contributed by atoms with van der Waals surface area (Å²) in [6.07, 6.45) is 0. The summed E-state index contributed by atoms with van der Waals surface area (Å²) in [5.74, 6) is -1.77. The quantitative estimate of drug-likeness (QED) is 0.840.